The minimum Gasteiger partial charge on any atom is -0.297 e. The highest BCUT2D eigenvalue weighted by molar-refractivity contribution is 7.92. The highest BCUT2D eigenvalue weighted by Crippen LogP contribution is 2.50. The number of rotatable bonds is 6. The van der Waals surface area contributed by atoms with Gasteiger partial charge in [-0.3, -0.25) is 18.5 Å². The molecule has 202 valence electrons. The van der Waals surface area contributed by atoms with Crippen molar-refractivity contribution in [1.82, 2.24) is 9.55 Å². The SMILES string of the molecule is CN(c1ccc2c(=O)c(C(=O)CC3(C)CC4CCCC(C4)C3)cn(-c3ccc(F)cc3F)c2n1)S(C)(=O)=O. The van der Waals surface area contributed by atoms with Crippen LogP contribution in [0, 0.1) is 28.9 Å². The molecule has 7 nitrogen and oxygen atoms in total. The predicted molar refractivity (Wildman–Crippen MR) is 142 cm³/mol. The summed E-state index contributed by atoms with van der Waals surface area (Å²) in [6.07, 6.45) is 9.11. The molecule has 2 bridgehead atoms. The maximum absolute atomic E-state index is 15.0. The molecule has 5 rings (SSSR count). The van der Waals surface area contributed by atoms with Crippen LogP contribution in [-0.2, 0) is 10.0 Å². The maximum atomic E-state index is 15.0. The quantitative estimate of drug-likeness (QED) is 0.397. The lowest BCUT2D eigenvalue weighted by molar-refractivity contribution is 0.0546. The van der Waals surface area contributed by atoms with Gasteiger partial charge in [-0.05, 0) is 60.8 Å². The van der Waals surface area contributed by atoms with Crippen molar-refractivity contribution in [2.24, 2.45) is 17.3 Å². The lowest BCUT2D eigenvalue weighted by Gasteiger charge is -2.45. The van der Waals surface area contributed by atoms with Crippen LogP contribution in [0.1, 0.15) is 62.2 Å². The van der Waals surface area contributed by atoms with E-state index in [4.69, 9.17) is 0 Å². The van der Waals surface area contributed by atoms with Crippen molar-refractivity contribution in [3.63, 3.8) is 0 Å². The summed E-state index contributed by atoms with van der Waals surface area (Å²) in [6, 6.07) is 5.73. The van der Waals surface area contributed by atoms with Crippen molar-refractivity contribution in [2.45, 2.75) is 51.9 Å². The number of fused-ring (bicyclic) bond motifs is 3. The van der Waals surface area contributed by atoms with E-state index in [0.717, 1.165) is 29.5 Å². The number of benzene rings is 1. The van der Waals surface area contributed by atoms with E-state index in [0.29, 0.717) is 17.9 Å². The Morgan fingerprint density at radius 1 is 1.16 bits per heavy atom. The molecule has 0 radical (unpaired) electrons. The number of sulfonamides is 1. The Morgan fingerprint density at radius 2 is 1.84 bits per heavy atom. The third kappa shape index (κ3) is 4.98. The fourth-order valence-corrected chi connectivity index (χ4v) is 6.92. The molecule has 0 saturated heterocycles. The van der Waals surface area contributed by atoms with Crippen molar-refractivity contribution in [3.8, 4) is 5.69 Å². The zero-order valence-electron chi connectivity index (χ0n) is 21.7. The van der Waals surface area contributed by atoms with Crippen LogP contribution in [0.15, 0.2) is 41.3 Å². The molecular formula is C28H31F2N3O4S. The van der Waals surface area contributed by atoms with Crippen LogP contribution in [-0.4, -0.2) is 37.1 Å². The molecule has 0 N–H and O–H groups in total. The molecule has 0 aliphatic heterocycles. The fourth-order valence-electron chi connectivity index (χ4n) is 6.47. The van der Waals surface area contributed by atoms with Gasteiger partial charge in [-0.25, -0.2) is 22.2 Å². The molecule has 0 spiro atoms. The Kier molecular flexibility index (Phi) is 6.65. The Hall–Kier alpha value is -3.14. The molecule has 10 heteroatoms. The Labute approximate surface area is 220 Å². The van der Waals surface area contributed by atoms with Crippen LogP contribution in [0.2, 0.25) is 0 Å². The van der Waals surface area contributed by atoms with Gasteiger partial charge in [0.05, 0.1) is 22.9 Å². The molecule has 38 heavy (non-hydrogen) atoms. The molecular weight excluding hydrogens is 512 g/mol. The number of anilines is 1. The number of nitrogens with zero attached hydrogens (tertiary/aromatic N) is 3. The van der Waals surface area contributed by atoms with Gasteiger partial charge in [-0.1, -0.05) is 26.2 Å². The van der Waals surface area contributed by atoms with E-state index in [1.807, 2.05) is 0 Å². The first-order valence-corrected chi connectivity index (χ1v) is 14.7. The minimum absolute atomic E-state index is 0.0102. The highest BCUT2D eigenvalue weighted by Gasteiger charge is 2.40. The molecule has 0 amide bonds. The molecule has 2 aliphatic carbocycles. The van der Waals surface area contributed by atoms with E-state index in [9.17, 15) is 26.8 Å². The van der Waals surface area contributed by atoms with E-state index in [-0.39, 0.29) is 45.7 Å². The summed E-state index contributed by atoms with van der Waals surface area (Å²) in [5.74, 6) is -0.824. The molecule has 2 atom stereocenters. The lowest BCUT2D eigenvalue weighted by atomic mass is 9.60. The van der Waals surface area contributed by atoms with E-state index in [1.165, 1.54) is 61.7 Å². The number of aromatic nitrogens is 2. The molecule has 2 heterocycles. The summed E-state index contributed by atoms with van der Waals surface area (Å²) in [5.41, 5.74) is -1.02. The normalized spacial score (nSPS) is 23.4. The second kappa shape index (κ2) is 9.55. The molecule has 3 aromatic rings. The number of carbonyl (C=O) groups is 1. The standard InChI is InChI=1S/C28H31F2N3O4S/c1-28(13-17-5-4-6-18(11-17)14-28)15-24(34)21-16-33(23-9-7-19(29)12-22(23)30)27-20(26(21)35)8-10-25(31-27)32(2)38(3,36)37/h7-10,12,16-18H,4-6,11,13-15H2,1-3H3. The summed E-state index contributed by atoms with van der Waals surface area (Å²) in [7, 11) is -2.36. The topological polar surface area (TPSA) is 89.3 Å². The molecule has 1 aromatic carbocycles. The third-order valence-corrected chi connectivity index (χ3v) is 9.35. The zero-order chi connectivity index (χ0) is 27.4. The Morgan fingerprint density at radius 3 is 2.47 bits per heavy atom. The molecule has 2 unspecified atom stereocenters. The number of hydrogen-bond acceptors (Lipinski definition) is 5. The van der Waals surface area contributed by atoms with E-state index < -0.39 is 27.1 Å². The number of pyridine rings is 2. The number of ketones is 1. The van der Waals surface area contributed by atoms with Crippen LogP contribution < -0.4 is 9.73 Å². The first-order valence-electron chi connectivity index (χ1n) is 12.8. The first kappa shape index (κ1) is 26.5. The van der Waals surface area contributed by atoms with Crippen LogP contribution in [0.5, 0.6) is 0 Å². The van der Waals surface area contributed by atoms with Gasteiger partial charge in [0.25, 0.3) is 0 Å². The summed E-state index contributed by atoms with van der Waals surface area (Å²) in [4.78, 5) is 31.6. The monoisotopic (exact) mass is 543 g/mol. The van der Waals surface area contributed by atoms with Crippen LogP contribution in [0.25, 0.3) is 16.7 Å². The average molecular weight is 544 g/mol. The minimum atomic E-state index is -3.67. The van der Waals surface area contributed by atoms with Crippen molar-refractivity contribution in [1.29, 1.82) is 0 Å². The molecule has 2 saturated carbocycles. The highest BCUT2D eigenvalue weighted by atomic mass is 32.2. The predicted octanol–water partition coefficient (Wildman–Crippen LogP) is 5.24. The van der Waals surface area contributed by atoms with Gasteiger partial charge in [-0.15, -0.1) is 0 Å². The Balaban J connectivity index is 1.64. The van der Waals surface area contributed by atoms with E-state index in [1.54, 1.807) is 0 Å². The van der Waals surface area contributed by atoms with Crippen LogP contribution in [0.3, 0.4) is 0 Å². The average Bonchev–Trinajstić information content (AvgIpc) is 2.83. The summed E-state index contributed by atoms with van der Waals surface area (Å²) < 4.78 is 55.0. The van der Waals surface area contributed by atoms with Gasteiger partial charge < -0.3 is 0 Å². The number of hydrogen-bond donors (Lipinski definition) is 0. The second-order valence-electron chi connectivity index (χ2n) is 11.3. The maximum Gasteiger partial charge on any atom is 0.233 e. The summed E-state index contributed by atoms with van der Waals surface area (Å²) in [5, 5.41) is 0.0379. The molecule has 2 aromatic heterocycles. The number of halogens is 2. The second-order valence-corrected chi connectivity index (χ2v) is 13.3. The van der Waals surface area contributed by atoms with E-state index in [2.05, 4.69) is 11.9 Å². The van der Waals surface area contributed by atoms with Gasteiger partial charge in [0.1, 0.15) is 17.5 Å². The van der Waals surface area contributed by atoms with Crippen molar-refractivity contribution in [3.05, 3.63) is 63.9 Å². The lowest BCUT2D eigenvalue weighted by Crippen LogP contribution is -2.36. The zero-order valence-corrected chi connectivity index (χ0v) is 22.5. The smallest absolute Gasteiger partial charge is 0.233 e. The number of Topliss-reactive ketones (excluding diaryl/α,β-unsaturated/α-hetero) is 1. The van der Waals surface area contributed by atoms with E-state index >= 15 is 0 Å². The number of carbonyl (C=O) groups excluding carboxylic acids is 1. The van der Waals surface area contributed by atoms with Gasteiger partial charge in [0, 0.05) is 25.7 Å². The van der Waals surface area contributed by atoms with Gasteiger partial charge in [0.15, 0.2) is 11.4 Å². The molecule has 2 aliphatic rings. The van der Waals surface area contributed by atoms with Gasteiger partial charge in [0.2, 0.25) is 15.5 Å². The van der Waals surface area contributed by atoms with Crippen molar-refractivity contribution in [2.75, 3.05) is 17.6 Å². The largest absolute Gasteiger partial charge is 0.297 e. The summed E-state index contributed by atoms with van der Waals surface area (Å²) >= 11 is 0. The molecule has 2 fully saturated rings. The fraction of sp³-hybridized carbons (Fsp3) is 0.464. The summed E-state index contributed by atoms with van der Waals surface area (Å²) in [6.45, 7) is 2.11. The van der Waals surface area contributed by atoms with Gasteiger partial charge >= 0.3 is 0 Å². The Bertz CT molecular complexity index is 1590. The van der Waals surface area contributed by atoms with Crippen molar-refractivity contribution >= 4 is 32.7 Å². The third-order valence-electron chi connectivity index (χ3n) is 8.17. The van der Waals surface area contributed by atoms with Crippen LogP contribution in [0.4, 0.5) is 14.6 Å². The first-order chi connectivity index (χ1) is 17.8. The van der Waals surface area contributed by atoms with Gasteiger partial charge in [-0.2, -0.15) is 0 Å². The van der Waals surface area contributed by atoms with Crippen molar-refractivity contribution < 1.29 is 22.0 Å². The van der Waals surface area contributed by atoms with Crippen LogP contribution >= 0.6 is 0 Å².